The lowest BCUT2D eigenvalue weighted by Crippen LogP contribution is -2.05. The number of hydrogen-bond donors (Lipinski definition) is 0. The van der Waals surface area contributed by atoms with Gasteiger partial charge in [-0.15, -0.1) is 0 Å². The number of fused-ring (bicyclic) bond motifs is 3. The lowest BCUT2D eigenvalue weighted by Gasteiger charge is -2.09. The van der Waals surface area contributed by atoms with Crippen molar-refractivity contribution in [3.05, 3.63) is 60.1 Å². The minimum absolute atomic E-state index is 0.427. The maximum atomic E-state index is 13.1. The first-order chi connectivity index (χ1) is 11.9. The number of benzene rings is 1. The van der Waals surface area contributed by atoms with Crippen LogP contribution in [0.1, 0.15) is 17.1 Å². The van der Waals surface area contributed by atoms with Crippen LogP contribution in [-0.4, -0.2) is 24.5 Å². The van der Waals surface area contributed by atoms with E-state index in [1.165, 1.54) is 12.4 Å². The second kappa shape index (κ2) is 5.51. The summed E-state index contributed by atoms with van der Waals surface area (Å²) in [7, 11) is 1.78. The van der Waals surface area contributed by atoms with Crippen molar-refractivity contribution < 1.29 is 13.2 Å². The third kappa shape index (κ3) is 2.69. The minimum atomic E-state index is -4.40. The Hall–Kier alpha value is -3.03. The Balaban J connectivity index is 1.91. The minimum Gasteiger partial charge on any atom is -0.330 e. The van der Waals surface area contributed by atoms with Crippen molar-refractivity contribution in [3.63, 3.8) is 0 Å². The number of hydrogen-bond acceptors (Lipinski definition) is 4. The molecule has 0 bridgehead atoms. The first-order valence-corrected chi connectivity index (χ1v) is 7.49. The normalized spacial score (nSPS) is 12.2. The van der Waals surface area contributed by atoms with E-state index in [-0.39, 0.29) is 0 Å². The van der Waals surface area contributed by atoms with Crippen molar-refractivity contribution in [1.29, 1.82) is 0 Å². The molecule has 25 heavy (non-hydrogen) atoms. The molecule has 3 aromatic heterocycles. The van der Waals surface area contributed by atoms with Gasteiger partial charge in [-0.3, -0.25) is 4.98 Å². The van der Waals surface area contributed by atoms with Gasteiger partial charge in [0.05, 0.1) is 28.5 Å². The molecule has 0 amide bonds. The number of aryl methyl sites for hydroxylation is 1. The molecule has 0 unspecified atom stereocenters. The van der Waals surface area contributed by atoms with Gasteiger partial charge >= 0.3 is 6.18 Å². The molecule has 1 aromatic carbocycles. The maximum absolute atomic E-state index is 13.1. The summed E-state index contributed by atoms with van der Waals surface area (Å²) in [6, 6.07) is 5.33. The van der Waals surface area contributed by atoms with Crippen LogP contribution in [0.25, 0.3) is 21.9 Å². The number of rotatable bonds is 2. The van der Waals surface area contributed by atoms with Gasteiger partial charge in [0.2, 0.25) is 0 Å². The molecule has 0 fully saturated rings. The van der Waals surface area contributed by atoms with Crippen molar-refractivity contribution in [2.24, 2.45) is 7.05 Å². The summed E-state index contributed by atoms with van der Waals surface area (Å²) < 4.78 is 40.9. The van der Waals surface area contributed by atoms with E-state index < -0.39 is 11.7 Å². The average Bonchev–Trinajstić information content (AvgIpc) is 2.91. The van der Waals surface area contributed by atoms with Crippen LogP contribution in [0.4, 0.5) is 13.2 Å². The van der Waals surface area contributed by atoms with E-state index in [2.05, 4.69) is 19.9 Å². The van der Waals surface area contributed by atoms with Gasteiger partial charge in [-0.25, -0.2) is 15.0 Å². The van der Waals surface area contributed by atoms with Crippen molar-refractivity contribution >= 4 is 21.9 Å². The second-order valence-electron chi connectivity index (χ2n) is 5.69. The van der Waals surface area contributed by atoms with Crippen molar-refractivity contribution in [3.8, 4) is 0 Å². The molecule has 4 aromatic rings. The number of pyridine rings is 1. The third-order valence-corrected chi connectivity index (χ3v) is 4.10. The topological polar surface area (TPSA) is 56.5 Å². The Bertz CT molecular complexity index is 1070. The number of aromatic nitrogens is 5. The fourth-order valence-electron chi connectivity index (χ4n) is 2.86. The lowest BCUT2D eigenvalue weighted by molar-refractivity contribution is -0.137. The number of imidazole rings is 1. The van der Waals surface area contributed by atoms with Crippen LogP contribution in [0.15, 0.2) is 43.0 Å². The summed E-state index contributed by atoms with van der Waals surface area (Å²) in [6.07, 6.45) is 0.712. The standard InChI is InChI=1S/C17H12F3N5/c1-25-15(7-11-4-5-21-9-23-11)24-14-8-22-13-3-2-10(17(18,19)20)6-12(13)16(14)25/h2-6,8-9H,7H2,1H3. The van der Waals surface area contributed by atoms with E-state index in [1.807, 2.05) is 0 Å². The van der Waals surface area contributed by atoms with Crippen LogP contribution in [-0.2, 0) is 19.6 Å². The lowest BCUT2D eigenvalue weighted by atomic mass is 10.1. The van der Waals surface area contributed by atoms with Crippen molar-refractivity contribution in [2.45, 2.75) is 12.6 Å². The zero-order valence-corrected chi connectivity index (χ0v) is 13.1. The quantitative estimate of drug-likeness (QED) is 0.559. The summed E-state index contributed by atoms with van der Waals surface area (Å²) >= 11 is 0. The molecule has 4 rings (SSSR count). The number of nitrogens with zero attached hydrogens (tertiary/aromatic N) is 5. The molecule has 0 spiro atoms. The molecular formula is C17H12F3N5. The molecule has 126 valence electrons. The summed E-state index contributed by atoms with van der Waals surface area (Å²) in [5, 5.41) is 0.427. The number of halogens is 3. The van der Waals surface area contributed by atoms with E-state index in [4.69, 9.17) is 0 Å². The van der Waals surface area contributed by atoms with Gasteiger partial charge < -0.3 is 4.57 Å². The zero-order valence-electron chi connectivity index (χ0n) is 13.1. The fraction of sp³-hybridized carbons (Fsp3) is 0.176. The molecule has 3 heterocycles. The summed E-state index contributed by atoms with van der Waals surface area (Å²) in [4.78, 5) is 16.8. The van der Waals surface area contributed by atoms with Crippen LogP contribution >= 0.6 is 0 Å². The predicted octanol–water partition coefficient (Wildman–Crippen LogP) is 3.52. The molecule has 0 saturated carbocycles. The van der Waals surface area contributed by atoms with Crippen LogP contribution in [0.5, 0.6) is 0 Å². The fourth-order valence-corrected chi connectivity index (χ4v) is 2.86. The maximum Gasteiger partial charge on any atom is 0.416 e. The summed E-state index contributed by atoms with van der Waals surface area (Å²) in [6.45, 7) is 0. The Morgan fingerprint density at radius 3 is 2.64 bits per heavy atom. The van der Waals surface area contributed by atoms with Crippen LogP contribution in [0, 0.1) is 0 Å². The smallest absolute Gasteiger partial charge is 0.330 e. The molecule has 0 aliphatic heterocycles. The number of alkyl halides is 3. The monoisotopic (exact) mass is 343 g/mol. The van der Waals surface area contributed by atoms with E-state index in [1.54, 1.807) is 30.1 Å². The van der Waals surface area contributed by atoms with E-state index in [0.717, 1.165) is 17.8 Å². The van der Waals surface area contributed by atoms with E-state index >= 15 is 0 Å². The van der Waals surface area contributed by atoms with Gasteiger partial charge in [0.15, 0.2) is 0 Å². The van der Waals surface area contributed by atoms with Crippen LogP contribution in [0.2, 0.25) is 0 Å². The summed E-state index contributed by atoms with van der Waals surface area (Å²) in [5.41, 5.74) is 1.75. The first kappa shape index (κ1) is 15.5. The van der Waals surface area contributed by atoms with Gasteiger partial charge in [-0.05, 0) is 24.3 Å². The highest BCUT2D eigenvalue weighted by molar-refractivity contribution is 6.02. The largest absolute Gasteiger partial charge is 0.416 e. The highest BCUT2D eigenvalue weighted by Crippen LogP contribution is 2.33. The molecule has 5 nitrogen and oxygen atoms in total. The SMILES string of the molecule is Cn1c(Cc2ccncn2)nc2cnc3ccc(C(F)(F)F)cc3c21. The van der Waals surface area contributed by atoms with Gasteiger partial charge in [-0.1, -0.05) is 0 Å². The second-order valence-corrected chi connectivity index (χ2v) is 5.69. The van der Waals surface area contributed by atoms with E-state index in [0.29, 0.717) is 34.2 Å². The Morgan fingerprint density at radius 2 is 1.92 bits per heavy atom. The third-order valence-electron chi connectivity index (χ3n) is 4.10. The van der Waals surface area contributed by atoms with E-state index in [9.17, 15) is 13.2 Å². The molecule has 0 atom stereocenters. The Labute approximate surface area is 140 Å². The molecular weight excluding hydrogens is 331 g/mol. The molecule has 8 heteroatoms. The highest BCUT2D eigenvalue weighted by Gasteiger charge is 2.31. The molecule has 0 aliphatic rings. The summed E-state index contributed by atoms with van der Waals surface area (Å²) in [5.74, 6) is 0.695. The predicted molar refractivity (Wildman–Crippen MR) is 85.9 cm³/mol. The molecule has 0 N–H and O–H groups in total. The van der Waals surface area contributed by atoms with Crippen molar-refractivity contribution in [2.75, 3.05) is 0 Å². The molecule has 0 aliphatic carbocycles. The van der Waals surface area contributed by atoms with Gasteiger partial charge in [0.1, 0.15) is 17.7 Å². The van der Waals surface area contributed by atoms with Gasteiger partial charge in [-0.2, -0.15) is 13.2 Å². The zero-order chi connectivity index (χ0) is 17.6. The van der Waals surface area contributed by atoms with Crippen LogP contribution in [0.3, 0.4) is 0 Å². The Kier molecular flexibility index (Phi) is 3.41. The molecule has 0 radical (unpaired) electrons. The highest BCUT2D eigenvalue weighted by atomic mass is 19.4. The Morgan fingerprint density at radius 1 is 1.08 bits per heavy atom. The van der Waals surface area contributed by atoms with Gasteiger partial charge in [0.25, 0.3) is 0 Å². The van der Waals surface area contributed by atoms with Crippen molar-refractivity contribution in [1.82, 2.24) is 24.5 Å². The molecule has 0 saturated heterocycles. The van der Waals surface area contributed by atoms with Crippen LogP contribution < -0.4 is 0 Å². The average molecular weight is 343 g/mol. The van der Waals surface area contributed by atoms with Gasteiger partial charge in [0, 0.05) is 25.1 Å². The first-order valence-electron chi connectivity index (χ1n) is 7.49.